The first kappa shape index (κ1) is 18.3. The zero-order valence-corrected chi connectivity index (χ0v) is 16.8. The van der Waals surface area contributed by atoms with Crippen molar-refractivity contribution in [1.82, 2.24) is 0 Å². The lowest BCUT2D eigenvalue weighted by atomic mass is 10.0. The van der Waals surface area contributed by atoms with E-state index in [2.05, 4.69) is 15.5 Å². The Kier molecular flexibility index (Phi) is 4.59. The number of amidine groups is 1. The number of ether oxygens (including phenoxy) is 3. The van der Waals surface area contributed by atoms with E-state index in [0.29, 0.717) is 25.5 Å². The third-order valence-corrected chi connectivity index (χ3v) is 6.11. The molecule has 0 aromatic heterocycles. The van der Waals surface area contributed by atoms with Crippen molar-refractivity contribution < 1.29 is 23.9 Å². The van der Waals surface area contributed by atoms with E-state index in [0.717, 1.165) is 60.8 Å². The van der Waals surface area contributed by atoms with Crippen molar-refractivity contribution in [2.75, 3.05) is 38.3 Å². The highest BCUT2D eigenvalue weighted by Crippen LogP contribution is 2.41. The average molecular weight is 395 g/mol. The summed E-state index contributed by atoms with van der Waals surface area (Å²) in [5, 5.41) is 12.0. The molecular weight excluding hydrogens is 368 g/mol. The van der Waals surface area contributed by atoms with Crippen molar-refractivity contribution in [2.24, 2.45) is 0 Å². The normalized spacial score (nSPS) is 23.6. The van der Waals surface area contributed by atoms with Crippen LogP contribution < -0.4 is 19.1 Å². The Bertz CT molecular complexity index is 958. The Balaban J connectivity index is 1.61. The molecule has 0 aliphatic carbocycles. The Morgan fingerprint density at radius 3 is 2.72 bits per heavy atom. The maximum atomic E-state index is 12.0. The topological polar surface area (TPSA) is 54.2 Å². The zero-order chi connectivity index (χ0) is 19.8. The minimum Gasteiger partial charge on any atom is -0.492 e. The maximum Gasteiger partial charge on any atom is 0.271 e. The fourth-order valence-electron chi connectivity index (χ4n) is 4.69. The van der Waals surface area contributed by atoms with E-state index in [1.54, 1.807) is 7.11 Å². The second kappa shape index (κ2) is 7.26. The molecule has 6 heteroatoms. The summed E-state index contributed by atoms with van der Waals surface area (Å²) in [6.07, 6.45) is 4.28. The van der Waals surface area contributed by atoms with Gasteiger partial charge in [0.2, 0.25) is 0 Å². The summed E-state index contributed by atoms with van der Waals surface area (Å²) in [4.78, 5) is 2.22. The molecule has 0 saturated carbocycles. The smallest absolute Gasteiger partial charge is 0.271 e. The molecule has 3 aliphatic rings. The number of para-hydroxylation sites is 2. The van der Waals surface area contributed by atoms with Crippen molar-refractivity contribution in [3.63, 3.8) is 0 Å². The largest absolute Gasteiger partial charge is 0.492 e. The number of anilines is 1. The van der Waals surface area contributed by atoms with E-state index in [-0.39, 0.29) is 0 Å². The first-order valence-corrected chi connectivity index (χ1v) is 10.4. The van der Waals surface area contributed by atoms with Gasteiger partial charge in [-0.15, -0.1) is 0 Å². The van der Waals surface area contributed by atoms with Crippen LogP contribution in [0.15, 0.2) is 42.5 Å². The lowest BCUT2D eigenvalue weighted by Gasteiger charge is -2.26. The minimum absolute atomic E-state index is 0.447. The van der Waals surface area contributed by atoms with Gasteiger partial charge in [-0.1, -0.05) is 12.1 Å². The van der Waals surface area contributed by atoms with E-state index in [9.17, 15) is 5.11 Å². The number of benzene rings is 2. The number of nitrogens with zero attached hydrogens (tertiary/aromatic N) is 2. The summed E-state index contributed by atoms with van der Waals surface area (Å²) in [6.45, 7) is 2.36. The molecule has 3 heterocycles. The molecular formula is C23H27N2O4+. The average Bonchev–Trinajstić information content (AvgIpc) is 2.91. The third-order valence-electron chi connectivity index (χ3n) is 6.11. The van der Waals surface area contributed by atoms with Gasteiger partial charge in [-0.2, -0.15) is 0 Å². The van der Waals surface area contributed by atoms with Crippen LogP contribution in [0.2, 0.25) is 0 Å². The first-order valence-electron chi connectivity index (χ1n) is 10.4. The fourth-order valence-corrected chi connectivity index (χ4v) is 4.69. The van der Waals surface area contributed by atoms with Crippen molar-refractivity contribution >= 4 is 11.5 Å². The Hall–Kier alpha value is -2.73. The van der Waals surface area contributed by atoms with Crippen LogP contribution in [0, 0.1) is 0 Å². The van der Waals surface area contributed by atoms with E-state index in [1.807, 2.05) is 36.4 Å². The molecule has 1 atom stereocenters. The van der Waals surface area contributed by atoms with Gasteiger partial charge < -0.3 is 19.3 Å². The van der Waals surface area contributed by atoms with Gasteiger partial charge in [0.05, 0.1) is 13.7 Å². The van der Waals surface area contributed by atoms with Crippen molar-refractivity contribution in [1.29, 1.82) is 0 Å². The highest BCUT2D eigenvalue weighted by molar-refractivity contribution is 5.97. The Morgan fingerprint density at radius 2 is 1.86 bits per heavy atom. The van der Waals surface area contributed by atoms with Crippen LogP contribution in [0.3, 0.4) is 0 Å². The van der Waals surface area contributed by atoms with Gasteiger partial charge in [0.15, 0.2) is 29.5 Å². The van der Waals surface area contributed by atoms with Gasteiger partial charge in [-0.25, -0.2) is 9.48 Å². The van der Waals surface area contributed by atoms with Gasteiger partial charge in [0, 0.05) is 12.0 Å². The number of hydrogen-bond acceptors (Lipinski definition) is 5. The molecule has 0 saturated heterocycles. The molecule has 5 rings (SSSR count). The number of rotatable bonds is 3. The van der Waals surface area contributed by atoms with Crippen LogP contribution in [0.1, 0.15) is 31.2 Å². The molecule has 0 fully saturated rings. The van der Waals surface area contributed by atoms with Gasteiger partial charge in [0.1, 0.15) is 13.2 Å². The number of aliphatic hydroxyl groups is 1. The van der Waals surface area contributed by atoms with Crippen LogP contribution in [0.25, 0.3) is 0 Å². The summed E-state index contributed by atoms with van der Waals surface area (Å²) < 4.78 is 19.3. The van der Waals surface area contributed by atoms with E-state index in [1.165, 1.54) is 0 Å². The van der Waals surface area contributed by atoms with Crippen LogP contribution >= 0.6 is 0 Å². The fraction of sp³-hybridized carbons (Fsp3) is 0.435. The summed E-state index contributed by atoms with van der Waals surface area (Å²) in [7, 11) is 1.69. The molecule has 0 unspecified atom stereocenters. The zero-order valence-electron chi connectivity index (χ0n) is 16.8. The first-order chi connectivity index (χ1) is 14.2. The number of hydrogen-bond donors (Lipinski definition) is 1. The molecule has 0 radical (unpaired) electrons. The van der Waals surface area contributed by atoms with E-state index >= 15 is 0 Å². The van der Waals surface area contributed by atoms with Crippen LogP contribution in [0.4, 0.5) is 5.69 Å². The Labute approximate surface area is 170 Å². The molecule has 0 spiro atoms. The lowest BCUT2D eigenvalue weighted by Crippen LogP contribution is -2.41. The van der Waals surface area contributed by atoms with Gasteiger partial charge in [-0.3, -0.25) is 0 Å². The van der Waals surface area contributed by atoms with Crippen LogP contribution in [-0.4, -0.2) is 48.9 Å². The molecule has 0 amide bonds. The maximum absolute atomic E-state index is 12.0. The number of β-amino-alcohol motifs (C(OH)–C–C–N with tert-alkyl or cyclic N) is 1. The highest BCUT2D eigenvalue weighted by atomic mass is 16.6. The number of methoxy groups -OCH3 is 1. The molecule has 29 heavy (non-hydrogen) atoms. The van der Waals surface area contributed by atoms with E-state index in [4.69, 9.17) is 14.2 Å². The monoisotopic (exact) mass is 395 g/mol. The lowest BCUT2D eigenvalue weighted by molar-refractivity contribution is -0.658. The predicted molar refractivity (Wildman–Crippen MR) is 110 cm³/mol. The highest BCUT2D eigenvalue weighted by Gasteiger charge is 2.52. The minimum atomic E-state index is -1.13. The summed E-state index contributed by atoms with van der Waals surface area (Å²) >= 11 is 0. The van der Waals surface area contributed by atoms with Crippen molar-refractivity contribution in [2.45, 2.75) is 31.4 Å². The van der Waals surface area contributed by atoms with Gasteiger partial charge >= 0.3 is 0 Å². The molecule has 152 valence electrons. The second-order valence-electron chi connectivity index (χ2n) is 7.81. The molecule has 2 aromatic carbocycles. The van der Waals surface area contributed by atoms with Crippen molar-refractivity contribution in [3.05, 3.63) is 48.0 Å². The molecule has 1 N–H and O–H groups in total. The van der Waals surface area contributed by atoms with E-state index < -0.39 is 5.72 Å². The molecule has 6 nitrogen and oxygen atoms in total. The molecule has 3 aliphatic heterocycles. The summed E-state index contributed by atoms with van der Waals surface area (Å²) in [5.41, 5.74) is 0.694. The van der Waals surface area contributed by atoms with Crippen LogP contribution in [0.5, 0.6) is 17.2 Å². The van der Waals surface area contributed by atoms with Crippen LogP contribution in [-0.2, 0) is 5.72 Å². The van der Waals surface area contributed by atoms with Gasteiger partial charge in [0.25, 0.3) is 11.6 Å². The van der Waals surface area contributed by atoms with Crippen molar-refractivity contribution in [3.8, 4) is 17.2 Å². The molecule has 0 bridgehead atoms. The molecule has 2 aromatic rings. The Morgan fingerprint density at radius 1 is 1.03 bits per heavy atom. The summed E-state index contributed by atoms with van der Waals surface area (Å²) in [5.74, 6) is 3.41. The quantitative estimate of drug-likeness (QED) is 0.810. The predicted octanol–water partition coefficient (Wildman–Crippen LogP) is 3.12. The second-order valence-corrected chi connectivity index (χ2v) is 7.81. The third kappa shape index (κ3) is 3.02. The van der Waals surface area contributed by atoms with Gasteiger partial charge in [-0.05, 0) is 49.6 Å². The standard InChI is InChI=1S/C23H27N2O4/c1-27-19-8-5-4-7-18(19)24-16-23(26,25-12-6-2-3-9-22(24)25)17-10-11-20-21(15-17)29-14-13-28-20/h4-5,7-8,10-11,15,26H,2-3,6,9,12-14,16H2,1H3/q+1/t23-/m0/s1. The number of fused-ring (bicyclic) bond motifs is 1. The SMILES string of the molecule is COc1ccccc1N1C[C@](O)(c2ccc3c(c2)OCCO3)[N+]2=C1CCCCC2. The summed E-state index contributed by atoms with van der Waals surface area (Å²) in [6, 6.07) is 13.8.